The Bertz CT molecular complexity index is 967. The van der Waals surface area contributed by atoms with Crippen LogP contribution in [0.5, 0.6) is 0 Å². The van der Waals surface area contributed by atoms with Gasteiger partial charge in [0, 0.05) is 44.6 Å². The fraction of sp³-hybridized carbons (Fsp3) is 0.542. The van der Waals surface area contributed by atoms with Crippen molar-refractivity contribution >= 4 is 16.7 Å². The Balaban J connectivity index is 1.47. The summed E-state index contributed by atoms with van der Waals surface area (Å²) in [6, 6.07) is 9.94. The van der Waals surface area contributed by atoms with E-state index in [1.54, 1.807) is 0 Å². The number of alkyl halides is 2. The number of halogens is 2. The van der Waals surface area contributed by atoms with Crippen LogP contribution in [0, 0.1) is 0 Å². The first kappa shape index (κ1) is 19.9. The van der Waals surface area contributed by atoms with Crippen molar-refractivity contribution in [3.05, 3.63) is 47.0 Å². The van der Waals surface area contributed by atoms with Crippen LogP contribution in [0.2, 0.25) is 0 Å². The normalized spacial score (nSPS) is 26.9. The molecule has 1 amide bonds. The maximum Gasteiger partial charge on any atom is 0.254 e. The molecule has 1 aliphatic carbocycles. The summed E-state index contributed by atoms with van der Waals surface area (Å²) < 4.78 is 27.1. The second kappa shape index (κ2) is 7.57. The molecule has 1 saturated carbocycles. The number of nitrogens with zero attached hydrogens (tertiary/aromatic N) is 2. The molecular formula is C24H28F2N2O2. The second-order valence-electron chi connectivity index (χ2n) is 9.09. The number of benzene rings is 2. The lowest BCUT2D eigenvalue weighted by Gasteiger charge is -2.35. The van der Waals surface area contributed by atoms with Crippen molar-refractivity contribution in [2.75, 3.05) is 13.1 Å². The molecule has 30 heavy (non-hydrogen) atoms. The summed E-state index contributed by atoms with van der Waals surface area (Å²) in [4.78, 5) is 17.2. The minimum atomic E-state index is -2.56. The van der Waals surface area contributed by atoms with Gasteiger partial charge in [-0.05, 0) is 40.8 Å². The van der Waals surface area contributed by atoms with Gasteiger partial charge in [0.1, 0.15) is 0 Å². The van der Waals surface area contributed by atoms with E-state index in [4.69, 9.17) is 0 Å². The lowest BCUT2D eigenvalue weighted by atomic mass is 9.91. The van der Waals surface area contributed by atoms with Crippen molar-refractivity contribution < 1.29 is 18.7 Å². The minimum absolute atomic E-state index is 0.00636. The predicted octanol–water partition coefficient (Wildman–Crippen LogP) is 4.33. The summed E-state index contributed by atoms with van der Waals surface area (Å²) in [5.74, 6) is -2.57. The van der Waals surface area contributed by atoms with E-state index >= 15 is 0 Å². The standard InChI is InChI=1S/C24H28F2N2O2/c25-24(26)9-11-27(12-10-24)14-16-13-19-20(18-6-2-1-5-17(16)18)15-28(23(19)30)21-7-3-4-8-22(21)29/h1-2,5-6,13,21-22,29H,3-4,7-12,14-15H2. The maximum absolute atomic E-state index is 13.6. The summed E-state index contributed by atoms with van der Waals surface area (Å²) in [6.45, 7) is 1.84. The number of hydrogen-bond donors (Lipinski definition) is 1. The minimum Gasteiger partial charge on any atom is -0.391 e. The van der Waals surface area contributed by atoms with Crippen LogP contribution in [0.3, 0.4) is 0 Å². The molecule has 0 radical (unpaired) electrons. The van der Waals surface area contributed by atoms with Gasteiger partial charge in [-0.1, -0.05) is 37.1 Å². The molecule has 3 aliphatic rings. The molecule has 1 N–H and O–H groups in total. The average molecular weight is 414 g/mol. The molecule has 4 nitrogen and oxygen atoms in total. The van der Waals surface area contributed by atoms with E-state index in [1.165, 1.54) is 0 Å². The molecule has 2 aliphatic heterocycles. The predicted molar refractivity (Wildman–Crippen MR) is 112 cm³/mol. The highest BCUT2D eigenvalue weighted by atomic mass is 19.3. The van der Waals surface area contributed by atoms with E-state index in [0.29, 0.717) is 31.7 Å². The fourth-order valence-electron chi connectivity index (χ4n) is 5.40. The number of fused-ring (bicyclic) bond motifs is 3. The Morgan fingerprint density at radius 3 is 2.50 bits per heavy atom. The number of aliphatic hydroxyl groups is 1. The van der Waals surface area contributed by atoms with Gasteiger partial charge in [-0.2, -0.15) is 0 Å². The Labute approximate surface area is 175 Å². The molecule has 6 heteroatoms. The average Bonchev–Trinajstić information content (AvgIpc) is 3.07. The van der Waals surface area contributed by atoms with Crippen molar-refractivity contribution in [1.29, 1.82) is 0 Å². The van der Waals surface area contributed by atoms with E-state index in [0.717, 1.165) is 47.6 Å². The van der Waals surface area contributed by atoms with Gasteiger partial charge in [-0.15, -0.1) is 0 Å². The van der Waals surface area contributed by atoms with Crippen molar-refractivity contribution in [3.8, 4) is 0 Å². The van der Waals surface area contributed by atoms with Crippen molar-refractivity contribution in [1.82, 2.24) is 9.80 Å². The molecule has 2 fully saturated rings. The molecule has 2 unspecified atom stereocenters. The monoisotopic (exact) mass is 414 g/mol. The highest BCUT2D eigenvalue weighted by Gasteiger charge is 2.39. The quantitative estimate of drug-likeness (QED) is 0.813. The number of likely N-dealkylation sites (tertiary alicyclic amines) is 1. The maximum atomic E-state index is 13.6. The van der Waals surface area contributed by atoms with E-state index in [1.807, 2.05) is 23.1 Å². The zero-order valence-electron chi connectivity index (χ0n) is 17.1. The lowest BCUT2D eigenvalue weighted by molar-refractivity contribution is -0.0565. The van der Waals surface area contributed by atoms with Crippen LogP contribution in [-0.4, -0.2) is 52.0 Å². The zero-order chi connectivity index (χ0) is 20.9. The van der Waals surface area contributed by atoms with Crippen molar-refractivity contribution in [3.63, 3.8) is 0 Å². The zero-order valence-corrected chi connectivity index (χ0v) is 17.1. The third kappa shape index (κ3) is 3.50. The third-order valence-electron chi connectivity index (χ3n) is 7.14. The first-order valence-electron chi connectivity index (χ1n) is 11.1. The van der Waals surface area contributed by atoms with E-state index in [2.05, 4.69) is 17.0 Å². The number of aliphatic hydroxyl groups excluding tert-OH is 1. The SMILES string of the molecule is O=C1c2cc(CN3CCC(F)(F)CC3)c3ccccc3c2CN1C1CCCCC1O. The summed E-state index contributed by atoms with van der Waals surface area (Å²) in [5, 5.41) is 12.6. The van der Waals surface area contributed by atoms with Gasteiger partial charge in [0.2, 0.25) is 0 Å². The molecule has 5 rings (SSSR count). The van der Waals surface area contributed by atoms with Crippen LogP contribution in [0.4, 0.5) is 8.78 Å². The highest BCUT2D eigenvalue weighted by Crippen LogP contribution is 2.37. The molecule has 1 saturated heterocycles. The molecule has 2 aromatic carbocycles. The van der Waals surface area contributed by atoms with Gasteiger partial charge < -0.3 is 10.0 Å². The number of hydrogen-bond acceptors (Lipinski definition) is 3. The first-order chi connectivity index (χ1) is 14.4. The number of piperidine rings is 1. The van der Waals surface area contributed by atoms with Crippen LogP contribution in [0.1, 0.15) is 60.0 Å². The molecule has 2 atom stereocenters. The van der Waals surface area contributed by atoms with E-state index in [-0.39, 0.29) is 24.8 Å². The third-order valence-corrected chi connectivity index (χ3v) is 7.14. The summed E-state index contributed by atoms with van der Waals surface area (Å²) in [6.07, 6.45) is 2.95. The van der Waals surface area contributed by atoms with Crippen molar-refractivity contribution in [2.24, 2.45) is 0 Å². The van der Waals surface area contributed by atoms with Gasteiger partial charge in [-0.3, -0.25) is 9.69 Å². The van der Waals surface area contributed by atoms with Gasteiger partial charge in [0.25, 0.3) is 11.8 Å². The molecule has 0 bridgehead atoms. The van der Waals surface area contributed by atoms with Crippen LogP contribution >= 0.6 is 0 Å². The van der Waals surface area contributed by atoms with Gasteiger partial charge in [-0.25, -0.2) is 8.78 Å². The molecule has 0 spiro atoms. The van der Waals surface area contributed by atoms with E-state index in [9.17, 15) is 18.7 Å². The Morgan fingerprint density at radius 2 is 1.77 bits per heavy atom. The number of carbonyl (C=O) groups excluding carboxylic acids is 1. The summed E-state index contributed by atoms with van der Waals surface area (Å²) in [7, 11) is 0. The number of rotatable bonds is 3. The first-order valence-corrected chi connectivity index (χ1v) is 11.1. The van der Waals surface area contributed by atoms with Crippen LogP contribution in [-0.2, 0) is 13.1 Å². The van der Waals surface area contributed by atoms with Crippen molar-refractivity contribution in [2.45, 2.75) is 69.7 Å². The lowest BCUT2D eigenvalue weighted by Crippen LogP contribution is -2.45. The molecule has 160 valence electrons. The Morgan fingerprint density at radius 1 is 1.07 bits per heavy atom. The number of carbonyl (C=O) groups is 1. The van der Waals surface area contributed by atoms with Gasteiger partial charge in [0.05, 0.1) is 12.1 Å². The smallest absolute Gasteiger partial charge is 0.254 e. The summed E-state index contributed by atoms with van der Waals surface area (Å²) >= 11 is 0. The molecular weight excluding hydrogens is 386 g/mol. The van der Waals surface area contributed by atoms with Crippen LogP contribution in [0.15, 0.2) is 30.3 Å². The highest BCUT2D eigenvalue weighted by molar-refractivity contribution is 6.05. The Kier molecular flexibility index (Phi) is 5.02. The van der Waals surface area contributed by atoms with Crippen LogP contribution < -0.4 is 0 Å². The second-order valence-corrected chi connectivity index (χ2v) is 9.09. The van der Waals surface area contributed by atoms with Crippen LogP contribution in [0.25, 0.3) is 10.8 Å². The largest absolute Gasteiger partial charge is 0.391 e. The van der Waals surface area contributed by atoms with Gasteiger partial charge in [0.15, 0.2) is 0 Å². The molecule has 2 heterocycles. The van der Waals surface area contributed by atoms with E-state index < -0.39 is 12.0 Å². The molecule has 0 aromatic heterocycles. The molecule has 2 aromatic rings. The summed E-state index contributed by atoms with van der Waals surface area (Å²) in [5.41, 5.74) is 2.76. The van der Waals surface area contributed by atoms with Gasteiger partial charge >= 0.3 is 0 Å². The Hall–Kier alpha value is -2.05. The fourth-order valence-corrected chi connectivity index (χ4v) is 5.40. The topological polar surface area (TPSA) is 43.8 Å². The number of amides is 1.